The summed E-state index contributed by atoms with van der Waals surface area (Å²) in [5.74, 6) is 2.00. The highest BCUT2D eigenvalue weighted by molar-refractivity contribution is 5.76. The largest absolute Gasteiger partial charge is 0.491 e. The molecule has 4 aromatic carbocycles. The fourth-order valence-electron chi connectivity index (χ4n) is 3.48. The number of aliphatic hydroxyl groups excluding tert-OH is 2. The molecule has 0 aliphatic carbocycles. The molecule has 0 fully saturated rings. The van der Waals surface area contributed by atoms with Crippen LogP contribution in [-0.2, 0) is 0 Å². The van der Waals surface area contributed by atoms with Gasteiger partial charge in [-0.25, -0.2) is 0 Å². The molecule has 2 N–H and O–H groups in total. The summed E-state index contributed by atoms with van der Waals surface area (Å²) < 4.78 is 11.4. The monoisotopic (exact) mass is 455 g/mol. The van der Waals surface area contributed by atoms with E-state index in [1.807, 2.05) is 24.3 Å². The van der Waals surface area contributed by atoms with Crippen molar-refractivity contribution < 1.29 is 19.7 Å². The molecule has 0 saturated heterocycles. The van der Waals surface area contributed by atoms with Gasteiger partial charge in [-0.05, 0) is 86.6 Å². The molecule has 174 valence electrons. The third-order valence-corrected chi connectivity index (χ3v) is 5.39. The summed E-state index contributed by atoms with van der Waals surface area (Å²) in [6, 6.07) is 32.1. The van der Waals surface area contributed by atoms with Crippen LogP contribution >= 0.6 is 0 Å². The minimum absolute atomic E-state index is 0.0383. The molecular formula is C29H29NO4. The van der Waals surface area contributed by atoms with E-state index in [0.29, 0.717) is 11.5 Å². The Balaban J connectivity index is 1.51. The van der Waals surface area contributed by atoms with Gasteiger partial charge in [0.1, 0.15) is 30.0 Å². The van der Waals surface area contributed by atoms with Gasteiger partial charge in [0, 0.05) is 17.1 Å². The molecule has 0 spiro atoms. The predicted molar refractivity (Wildman–Crippen MR) is 136 cm³/mol. The molecule has 0 amide bonds. The van der Waals surface area contributed by atoms with E-state index in [1.54, 1.807) is 24.3 Å². The maximum atomic E-state index is 9.40. The first-order chi connectivity index (χ1) is 16.5. The number of anilines is 3. The summed E-state index contributed by atoms with van der Waals surface area (Å²) in [7, 11) is 0. The zero-order chi connectivity index (χ0) is 23.9. The molecule has 5 heteroatoms. The Morgan fingerprint density at radius 2 is 1.00 bits per heavy atom. The van der Waals surface area contributed by atoms with Crippen molar-refractivity contribution in [1.29, 1.82) is 0 Å². The summed E-state index contributed by atoms with van der Waals surface area (Å²) >= 11 is 0. The number of aryl methyl sites for hydroxylation is 2. The number of hydrogen-bond donors (Lipinski definition) is 2. The van der Waals surface area contributed by atoms with Gasteiger partial charge < -0.3 is 24.6 Å². The number of aliphatic hydroxyl groups is 2. The third kappa shape index (κ3) is 5.95. The molecule has 0 heterocycles. The molecule has 0 aliphatic heterocycles. The quantitative estimate of drug-likeness (QED) is 0.310. The molecule has 1 atom stereocenters. The van der Waals surface area contributed by atoms with Crippen LogP contribution in [-0.4, -0.2) is 29.5 Å². The highest BCUT2D eigenvalue weighted by atomic mass is 16.5. The molecule has 0 radical (unpaired) electrons. The topological polar surface area (TPSA) is 62.2 Å². The SMILES string of the molecule is Cc1ccc(N(c2ccc(C)cc2)c2ccc(Oc3ccc(OCC(O)CO)cc3)cc2)cc1. The molecule has 1 unspecified atom stereocenters. The van der Waals surface area contributed by atoms with Crippen LogP contribution in [0.4, 0.5) is 17.1 Å². The van der Waals surface area contributed by atoms with Gasteiger partial charge in [-0.2, -0.15) is 0 Å². The fourth-order valence-corrected chi connectivity index (χ4v) is 3.48. The van der Waals surface area contributed by atoms with Gasteiger partial charge in [0.15, 0.2) is 0 Å². The van der Waals surface area contributed by atoms with Crippen molar-refractivity contribution in [1.82, 2.24) is 0 Å². The minimum Gasteiger partial charge on any atom is -0.491 e. The van der Waals surface area contributed by atoms with Gasteiger partial charge in [0.05, 0.1) is 6.61 Å². The van der Waals surface area contributed by atoms with Gasteiger partial charge >= 0.3 is 0 Å². The smallest absolute Gasteiger partial charge is 0.127 e. The van der Waals surface area contributed by atoms with Crippen LogP contribution in [0.1, 0.15) is 11.1 Å². The molecular weight excluding hydrogens is 426 g/mol. The van der Waals surface area contributed by atoms with Crippen LogP contribution in [0.5, 0.6) is 17.2 Å². The maximum Gasteiger partial charge on any atom is 0.127 e. The third-order valence-electron chi connectivity index (χ3n) is 5.39. The number of rotatable bonds is 9. The Morgan fingerprint density at radius 1 is 0.618 bits per heavy atom. The Bertz CT molecular complexity index is 1130. The van der Waals surface area contributed by atoms with Gasteiger partial charge in [0.2, 0.25) is 0 Å². The van der Waals surface area contributed by atoms with Gasteiger partial charge in [-0.15, -0.1) is 0 Å². The van der Waals surface area contributed by atoms with Crippen molar-refractivity contribution in [3.05, 3.63) is 108 Å². The van der Waals surface area contributed by atoms with Crippen molar-refractivity contribution in [2.75, 3.05) is 18.1 Å². The van der Waals surface area contributed by atoms with E-state index in [9.17, 15) is 5.11 Å². The summed E-state index contributed by atoms with van der Waals surface area (Å²) in [6.07, 6.45) is -0.895. The van der Waals surface area contributed by atoms with Crippen LogP contribution < -0.4 is 14.4 Å². The number of ether oxygens (including phenoxy) is 2. The van der Waals surface area contributed by atoms with Crippen LogP contribution in [0.15, 0.2) is 97.1 Å². The predicted octanol–water partition coefficient (Wildman–Crippen LogP) is 6.30. The molecule has 0 bridgehead atoms. The van der Waals surface area contributed by atoms with Gasteiger partial charge in [-0.1, -0.05) is 35.4 Å². The molecule has 34 heavy (non-hydrogen) atoms. The fraction of sp³-hybridized carbons (Fsp3) is 0.172. The first-order valence-electron chi connectivity index (χ1n) is 11.2. The zero-order valence-corrected chi connectivity index (χ0v) is 19.4. The lowest BCUT2D eigenvalue weighted by Crippen LogP contribution is -2.21. The maximum absolute atomic E-state index is 9.40. The standard InChI is InChI=1S/C29H29NO4/c1-21-3-7-23(8-4-21)30(24-9-5-22(2)6-10-24)25-11-13-28(14-12-25)34-29-17-15-27(16-18-29)33-20-26(32)19-31/h3-18,26,31-32H,19-20H2,1-2H3. The first-order valence-corrected chi connectivity index (χ1v) is 11.2. The normalized spacial score (nSPS) is 11.6. The van der Waals surface area contributed by atoms with Crippen LogP contribution in [0, 0.1) is 13.8 Å². The molecule has 4 aromatic rings. The summed E-state index contributed by atoms with van der Waals surface area (Å²) in [5.41, 5.74) is 5.65. The minimum atomic E-state index is -0.895. The van der Waals surface area contributed by atoms with E-state index in [-0.39, 0.29) is 13.2 Å². The lowest BCUT2D eigenvalue weighted by atomic mass is 10.1. The van der Waals surface area contributed by atoms with Crippen molar-refractivity contribution in [3.8, 4) is 17.2 Å². The second kappa shape index (κ2) is 10.9. The molecule has 4 rings (SSSR count). The van der Waals surface area contributed by atoms with E-state index < -0.39 is 6.10 Å². The number of nitrogens with zero attached hydrogens (tertiary/aromatic N) is 1. The molecule has 5 nitrogen and oxygen atoms in total. The Hall–Kier alpha value is -3.80. The van der Waals surface area contributed by atoms with Crippen molar-refractivity contribution >= 4 is 17.1 Å². The van der Waals surface area contributed by atoms with Gasteiger partial charge in [0.25, 0.3) is 0 Å². The average Bonchev–Trinajstić information content (AvgIpc) is 2.87. The summed E-state index contributed by atoms with van der Waals surface area (Å²) in [6.45, 7) is 3.88. The van der Waals surface area contributed by atoms with Crippen LogP contribution in [0.2, 0.25) is 0 Å². The second-order valence-electron chi connectivity index (χ2n) is 8.22. The summed E-state index contributed by atoms with van der Waals surface area (Å²) in [5, 5.41) is 18.3. The average molecular weight is 456 g/mol. The summed E-state index contributed by atoms with van der Waals surface area (Å²) in [4.78, 5) is 2.22. The highest BCUT2D eigenvalue weighted by Gasteiger charge is 2.12. The van der Waals surface area contributed by atoms with E-state index >= 15 is 0 Å². The van der Waals surface area contributed by atoms with Crippen molar-refractivity contribution in [2.45, 2.75) is 20.0 Å². The number of benzene rings is 4. The van der Waals surface area contributed by atoms with Crippen LogP contribution in [0.3, 0.4) is 0 Å². The Morgan fingerprint density at radius 3 is 1.44 bits per heavy atom. The number of hydrogen-bond acceptors (Lipinski definition) is 5. The molecule has 0 saturated carbocycles. The first kappa shape index (κ1) is 23.4. The van der Waals surface area contributed by atoms with Gasteiger partial charge in [-0.3, -0.25) is 0 Å². The second-order valence-corrected chi connectivity index (χ2v) is 8.22. The van der Waals surface area contributed by atoms with E-state index in [1.165, 1.54) is 11.1 Å². The van der Waals surface area contributed by atoms with E-state index in [0.717, 1.165) is 22.8 Å². The van der Waals surface area contributed by atoms with E-state index in [4.69, 9.17) is 14.6 Å². The molecule has 0 aliphatic rings. The molecule has 0 aromatic heterocycles. The Kier molecular flexibility index (Phi) is 7.48. The van der Waals surface area contributed by atoms with Crippen molar-refractivity contribution in [3.63, 3.8) is 0 Å². The van der Waals surface area contributed by atoms with E-state index in [2.05, 4.69) is 67.3 Å². The van der Waals surface area contributed by atoms with Crippen molar-refractivity contribution in [2.24, 2.45) is 0 Å². The lowest BCUT2D eigenvalue weighted by Gasteiger charge is -2.26. The zero-order valence-electron chi connectivity index (χ0n) is 19.4. The van der Waals surface area contributed by atoms with Crippen LogP contribution in [0.25, 0.3) is 0 Å². The Labute approximate surface area is 200 Å². The highest BCUT2D eigenvalue weighted by Crippen LogP contribution is 2.36. The lowest BCUT2D eigenvalue weighted by molar-refractivity contribution is 0.0536.